The molecule has 0 spiro atoms. The van der Waals surface area contributed by atoms with E-state index in [2.05, 4.69) is 32.0 Å². The SMILES string of the molecule is C=C/C=C\N=C(/C=C)C(CC)CCC. The summed E-state index contributed by atoms with van der Waals surface area (Å²) < 4.78 is 0. The Balaban J connectivity index is 4.48. The lowest BCUT2D eigenvalue weighted by Gasteiger charge is -2.12. The molecule has 1 atom stereocenters. The molecule has 0 aliphatic rings. The standard InChI is InChI=1S/C13H21N/c1-5-9-11-14-13(8-4)12(7-3)10-6-2/h5,8-9,11-12H,1,4,6-7,10H2,2-3H3/b11-9-,14-13+. The largest absolute Gasteiger partial charge is 0.261 e. The highest BCUT2D eigenvalue weighted by Crippen LogP contribution is 2.14. The van der Waals surface area contributed by atoms with Crippen LogP contribution in [0, 0.1) is 5.92 Å². The van der Waals surface area contributed by atoms with Gasteiger partial charge in [0.25, 0.3) is 0 Å². The molecule has 0 aliphatic heterocycles. The fraction of sp³-hybridized carbons (Fsp3) is 0.462. The van der Waals surface area contributed by atoms with E-state index in [1.54, 1.807) is 12.3 Å². The van der Waals surface area contributed by atoms with Gasteiger partial charge in [-0.05, 0) is 25.0 Å². The van der Waals surface area contributed by atoms with E-state index in [9.17, 15) is 0 Å². The minimum atomic E-state index is 0.548. The normalized spacial score (nSPS) is 14.3. The van der Waals surface area contributed by atoms with Gasteiger partial charge in [-0.25, -0.2) is 0 Å². The number of nitrogens with zero attached hydrogens (tertiary/aromatic N) is 1. The van der Waals surface area contributed by atoms with E-state index >= 15 is 0 Å². The van der Waals surface area contributed by atoms with E-state index in [4.69, 9.17) is 0 Å². The van der Waals surface area contributed by atoms with E-state index < -0.39 is 0 Å². The van der Waals surface area contributed by atoms with Gasteiger partial charge in [0.2, 0.25) is 0 Å². The van der Waals surface area contributed by atoms with Crippen molar-refractivity contribution in [2.45, 2.75) is 33.1 Å². The lowest BCUT2D eigenvalue weighted by molar-refractivity contribution is 0.597. The summed E-state index contributed by atoms with van der Waals surface area (Å²) in [5.74, 6) is 0.548. The molecule has 0 aromatic carbocycles. The molecule has 0 N–H and O–H groups in total. The average Bonchev–Trinajstić information content (AvgIpc) is 2.22. The number of hydrogen-bond donors (Lipinski definition) is 0. The van der Waals surface area contributed by atoms with Crippen LogP contribution in [-0.4, -0.2) is 5.71 Å². The second-order valence-corrected chi connectivity index (χ2v) is 3.23. The second-order valence-electron chi connectivity index (χ2n) is 3.23. The maximum atomic E-state index is 4.37. The van der Waals surface area contributed by atoms with Gasteiger partial charge in [0.05, 0.1) is 0 Å². The zero-order valence-electron chi connectivity index (χ0n) is 9.37. The molecule has 0 aromatic heterocycles. The molecule has 0 rings (SSSR count). The van der Waals surface area contributed by atoms with Crippen LogP contribution in [-0.2, 0) is 0 Å². The molecule has 0 aromatic rings. The molecule has 0 saturated heterocycles. The highest BCUT2D eigenvalue weighted by Gasteiger charge is 2.08. The van der Waals surface area contributed by atoms with Gasteiger partial charge in [0.15, 0.2) is 0 Å². The Morgan fingerprint density at radius 2 is 2.07 bits per heavy atom. The predicted octanol–water partition coefficient (Wildman–Crippen LogP) is 4.14. The highest BCUT2D eigenvalue weighted by molar-refractivity contribution is 5.96. The number of hydrogen-bond acceptors (Lipinski definition) is 1. The van der Waals surface area contributed by atoms with Gasteiger partial charge in [-0.3, -0.25) is 4.99 Å². The van der Waals surface area contributed by atoms with Crippen LogP contribution in [0.15, 0.2) is 42.6 Å². The minimum absolute atomic E-state index is 0.548. The zero-order valence-corrected chi connectivity index (χ0v) is 9.37. The summed E-state index contributed by atoms with van der Waals surface area (Å²) in [6, 6.07) is 0. The van der Waals surface area contributed by atoms with Gasteiger partial charge in [0.1, 0.15) is 0 Å². The fourth-order valence-corrected chi connectivity index (χ4v) is 1.42. The Bertz CT molecular complexity index is 223. The van der Waals surface area contributed by atoms with Gasteiger partial charge in [0, 0.05) is 17.8 Å². The quantitative estimate of drug-likeness (QED) is 0.423. The Morgan fingerprint density at radius 1 is 1.36 bits per heavy atom. The van der Waals surface area contributed by atoms with Crippen molar-refractivity contribution in [1.29, 1.82) is 0 Å². The Labute approximate surface area is 87.9 Å². The van der Waals surface area contributed by atoms with E-state index in [0.717, 1.165) is 12.1 Å². The molecule has 1 heteroatoms. The van der Waals surface area contributed by atoms with Crippen LogP contribution in [0.5, 0.6) is 0 Å². The first-order valence-electron chi connectivity index (χ1n) is 5.27. The molecule has 0 heterocycles. The third-order valence-electron chi connectivity index (χ3n) is 2.20. The number of aliphatic imine (C=N–C) groups is 1. The van der Waals surface area contributed by atoms with Crippen molar-refractivity contribution in [3.8, 4) is 0 Å². The van der Waals surface area contributed by atoms with Crippen LogP contribution < -0.4 is 0 Å². The fourth-order valence-electron chi connectivity index (χ4n) is 1.42. The summed E-state index contributed by atoms with van der Waals surface area (Å²) in [6.45, 7) is 11.8. The van der Waals surface area contributed by atoms with E-state index in [0.29, 0.717) is 5.92 Å². The first kappa shape index (κ1) is 12.9. The Hall–Kier alpha value is -1.11. The van der Waals surface area contributed by atoms with Crippen LogP contribution in [0.4, 0.5) is 0 Å². The van der Waals surface area contributed by atoms with Crippen molar-refractivity contribution in [1.82, 2.24) is 0 Å². The van der Waals surface area contributed by atoms with Crippen LogP contribution in [0.3, 0.4) is 0 Å². The predicted molar refractivity (Wildman–Crippen MR) is 65.7 cm³/mol. The molecule has 1 nitrogen and oxygen atoms in total. The first-order valence-corrected chi connectivity index (χ1v) is 5.27. The minimum Gasteiger partial charge on any atom is -0.261 e. The molecule has 0 saturated carbocycles. The van der Waals surface area contributed by atoms with Crippen LogP contribution in [0.2, 0.25) is 0 Å². The molecule has 0 amide bonds. The lowest BCUT2D eigenvalue weighted by atomic mass is 9.95. The maximum Gasteiger partial charge on any atom is 0.0428 e. The van der Waals surface area contributed by atoms with Crippen molar-refractivity contribution in [2.75, 3.05) is 0 Å². The number of allylic oxidation sites excluding steroid dienone is 3. The molecular formula is C13H21N. The summed E-state index contributed by atoms with van der Waals surface area (Å²) in [4.78, 5) is 4.37. The summed E-state index contributed by atoms with van der Waals surface area (Å²) in [5, 5.41) is 0. The second kappa shape index (κ2) is 8.49. The Morgan fingerprint density at radius 3 is 2.50 bits per heavy atom. The third-order valence-corrected chi connectivity index (χ3v) is 2.20. The van der Waals surface area contributed by atoms with Crippen LogP contribution >= 0.6 is 0 Å². The Kier molecular flexibility index (Phi) is 7.81. The van der Waals surface area contributed by atoms with Crippen LogP contribution in [0.1, 0.15) is 33.1 Å². The summed E-state index contributed by atoms with van der Waals surface area (Å²) in [6.07, 6.45) is 10.7. The van der Waals surface area contributed by atoms with E-state index in [1.807, 2.05) is 12.2 Å². The molecule has 0 bridgehead atoms. The monoisotopic (exact) mass is 191 g/mol. The average molecular weight is 191 g/mol. The van der Waals surface area contributed by atoms with Crippen molar-refractivity contribution >= 4 is 5.71 Å². The number of rotatable bonds is 7. The summed E-state index contributed by atoms with van der Waals surface area (Å²) in [5.41, 5.74) is 1.09. The van der Waals surface area contributed by atoms with Gasteiger partial charge < -0.3 is 0 Å². The third kappa shape index (κ3) is 4.80. The van der Waals surface area contributed by atoms with Gasteiger partial charge in [-0.1, -0.05) is 39.5 Å². The van der Waals surface area contributed by atoms with Gasteiger partial charge >= 0.3 is 0 Å². The summed E-state index contributed by atoms with van der Waals surface area (Å²) in [7, 11) is 0. The van der Waals surface area contributed by atoms with Gasteiger partial charge in [-0.15, -0.1) is 0 Å². The topological polar surface area (TPSA) is 12.4 Å². The maximum absolute atomic E-state index is 4.37. The molecule has 1 unspecified atom stereocenters. The zero-order chi connectivity index (χ0) is 10.8. The molecule has 14 heavy (non-hydrogen) atoms. The lowest BCUT2D eigenvalue weighted by Crippen LogP contribution is -2.10. The van der Waals surface area contributed by atoms with E-state index in [1.165, 1.54) is 12.8 Å². The molecule has 78 valence electrons. The molecule has 0 radical (unpaired) electrons. The van der Waals surface area contributed by atoms with Crippen molar-refractivity contribution < 1.29 is 0 Å². The van der Waals surface area contributed by atoms with Crippen molar-refractivity contribution in [3.05, 3.63) is 37.6 Å². The van der Waals surface area contributed by atoms with Crippen LogP contribution in [0.25, 0.3) is 0 Å². The summed E-state index contributed by atoms with van der Waals surface area (Å²) >= 11 is 0. The molecular weight excluding hydrogens is 170 g/mol. The molecule has 0 fully saturated rings. The molecule has 0 aliphatic carbocycles. The van der Waals surface area contributed by atoms with E-state index in [-0.39, 0.29) is 0 Å². The van der Waals surface area contributed by atoms with Gasteiger partial charge in [-0.2, -0.15) is 0 Å². The smallest absolute Gasteiger partial charge is 0.0428 e. The highest BCUT2D eigenvalue weighted by atomic mass is 14.7. The van der Waals surface area contributed by atoms with Crippen molar-refractivity contribution in [3.63, 3.8) is 0 Å². The van der Waals surface area contributed by atoms with Crippen molar-refractivity contribution in [2.24, 2.45) is 10.9 Å². The first-order chi connectivity index (χ1) is 6.79.